The van der Waals surface area contributed by atoms with Gasteiger partial charge < -0.3 is 5.32 Å². The van der Waals surface area contributed by atoms with E-state index in [0.717, 1.165) is 4.88 Å². The van der Waals surface area contributed by atoms with Crippen molar-refractivity contribution in [3.8, 4) is 0 Å². The molecule has 17 heavy (non-hydrogen) atoms. The second-order valence-electron chi connectivity index (χ2n) is 4.08. The van der Waals surface area contributed by atoms with E-state index >= 15 is 0 Å². The highest BCUT2D eigenvalue weighted by atomic mass is 32.2. The Balaban J connectivity index is 3.03. The van der Waals surface area contributed by atoms with Gasteiger partial charge in [-0.3, -0.25) is 0 Å². The molecule has 0 spiro atoms. The van der Waals surface area contributed by atoms with Crippen LogP contribution in [0.1, 0.15) is 25.6 Å². The number of sulfonamides is 1. The van der Waals surface area contributed by atoms with Gasteiger partial charge in [-0.05, 0) is 27.0 Å². The van der Waals surface area contributed by atoms with Crippen molar-refractivity contribution in [3.63, 3.8) is 0 Å². The molecule has 0 bridgehead atoms. The average Bonchev–Trinajstić information content (AvgIpc) is 2.67. The van der Waals surface area contributed by atoms with E-state index in [4.69, 9.17) is 0 Å². The van der Waals surface area contributed by atoms with Crippen LogP contribution in [0.4, 0.5) is 0 Å². The first-order valence-electron chi connectivity index (χ1n) is 5.67. The van der Waals surface area contributed by atoms with Crippen LogP contribution >= 0.6 is 11.3 Å². The lowest BCUT2D eigenvalue weighted by molar-refractivity contribution is 0.369. The van der Waals surface area contributed by atoms with E-state index in [1.165, 1.54) is 15.6 Å². The number of nitrogens with one attached hydrogen (secondary N) is 1. The topological polar surface area (TPSA) is 49.4 Å². The van der Waals surface area contributed by atoms with Crippen LogP contribution in [0.5, 0.6) is 0 Å². The fourth-order valence-electron chi connectivity index (χ4n) is 1.71. The summed E-state index contributed by atoms with van der Waals surface area (Å²) >= 11 is 1.47. The van der Waals surface area contributed by atoms with E-state index in [0.29, 0.717) is 18.0 Å². The van der Waals surface area contributed by atoms with E-state index < -0.39 is 10.0 Å². The van der Waals surface area contributed by atoms with Gasteiger partial charge in [0.15, 0.2) is 0 Å². The summed E-state index contributed by atoms with van der Waals surface area (Å²) in [5.41, 5.74) is 0. The molecule has 1 rings (SSSR count). The Hall–Kier alpha value is -0.430. The van der Waals surface area contributed by atoms with Crippen LogP contribution in [0.2, 0.25) is 0 Å². The molecule has 0 saturated carbocycles. The number of thiophene rings is 1. The Labute approximate surface area is 108 Å². The molecule has 1 N–H and O–H groups in total. The Bertz CT molecular complexity index is 452. The molecule has 0 saturated heterocycles. The SMILES string of the molecule is CCN(C(C)C)S(=O)(=O)c1csc(CNC)c1. The average molecular weight is 276 g/mol. The smallest absolute Gasteiger partial charge is 0.244 e. The molecular formula is C11H20N2O2S2. The van der Waals surface area contributed by atoms with E-state index in [-0.39, 0.29) is 6.04 Å². The van der Waals surface area contributed by atoms with Crippen LogP contribution < -0.4 is 5.32 Å². The first kappa shape index (κ1) is 14.6. The van der Waals surface area contributed by atoms with Crippen molar-refractivity contribution < 1.29 is 8.42 Å². The third-order valence-electron chi connectivity index (χ3n) is 2.47. The lowest BCUT2D eigenvalue weighted by Crippen LogP contribution is -2.36. The first-order chi connectivity index (χ1) is 7.93. The normalized spacial score (nSPS) is 12.6. The molecule has 98 valence electrons. The fourth-order valence-corrected chi connectivity index (χ4v) is 4.63. The highest BCUT2D eigenvalue weighted by Crippen LogP contribution is 2.23. The first-order valence-corrected chi connectivity index (χ1v) is 7.99. The number of rotatable bonds is 6. The summed E-state index contributed by atoms with van der Waals surface area (Å²) in [5, 5.41) is 4.73. The highest BCUT2D eigenvalue weighted by molar-refractivity contribution is 7.89. The summed E-state index contributed by atoms with van der Waals surface area (Å²) in [6.07, 6.45) is 0. The van der Waals surface area contributed by atoms with Gasteiger partial charge in [0.1, 0.15) is 0 Å². The molecule has 0 radical (unpaired) electrons. The van der Waals surface area contributed by atoms with Crippen LogP contribution in [0.15, 0.2) is 16.3 Å². The molecule has 1 aromatic heterocycles. The van der Waals surface area contributed by atoms with Gasteiger partial charge in [-0.2, -0.15) is 4.31 Å². The summed E-state index contributed by atoms with van der Waals surface area (Å²) < 4.78 is 26.2. The molecule has 0 aliphatic rings. The van der Waals surface area contributed by atoms with E-state index in [2.05, 4.69) is 5.32 Å². The highest BCUT2D eigenvalue weighted by Gasteiger charge is 2.26. The molecule has 0 amide bonds. The van der Waals surface area contributed by atoms with Crippen molar-refractivity contribution in [3.05, 3.63) is 16.3 Å². The lowest BCUT2D eigenvalue weighted by Gasteiger charge is -2.23. The Morgan fingerprint density at radius 1 is 1.47 bits per heavy atom. The molecule has 6 heteroatoms. The summed E-state index contributed by atoms with van der Waals surface area (Å²) in [6.45, 7) is 6.84. The molecule has 0 atom stereocenters. The van der Waals surface area contributed by atoms with Gasteiger partial charge in [-0.1, -0.05) is 6.92 Å². The standard InChI is InChI=1S/C11H20N2O2S2/c1-5-13(9(2)3)17(14,15)11-6-10(7-12-4)16-8-11/h6,8-9,12H,5,7H2,1-4H3. The Morgan fingerprint density at radius 2 is 2.12 bits per heavy atom. The number of hydrogen-bond acceptors (Lipinski definition) is 4. The predicted octanol–water partition coefficient (Wildman–Crippen LogP) is 1.89. The maximum Gasteiger partial charge on any atom is 0.244 e. The van der Waals surface area contributed by atoms with Gasteiger partial charge >= 0.3 is 0 Å². The summed E-state index contributed by atoms with van der Waals surface area (Å²) in [5.74, 6) is 0. The predicted molar refractivity (Wildman–Crippen MR) is 71.8 cm³/mol. The zero-order chi connectivity index (χ0) is 13.1. The van der Waals surface area contributed by atoms with Crippen LogP contribution in [-0.2, 0) is 16.6 Å². The zero-order valence-electron chi connectivity index (χ0n) is 10.7. The molecule has 0 aliphatic carbocycles. The molecular weight excluding hydrogens is 256 g/mol. The van der Waals surface area contributed by atoms with Gasteiger partial charge in [0.05, 0.1) is 4.90 Å². The monoisotopic (exact) mass is 276 g/mol. The molecule has 1 aromatic rings. The molecule has 1 heterocycles. The summed E-state index contributed by atoms with van der Waals surface area (Å²) in [7, 11) is -1.48. The van der Waals surface area contributed by atoms with E-state index in [1.807, 2.05) is 27.8 Å². The second kappa shape index (κ2) is 5.95. The maximum absolute atomic E-state index is 12.3. The largest absolute Gasteiger partial charge is 0.315 e. The Kier molecular flexibility index (Phi) is 5.12. The van der Waals surface area contributed by atoms with Gasteiger partial charge in [0, 0.05) is 29.4 Å². The van der Waals surface area contributed by atoms with Crippen LogP contribution in [-0.4, -0.2) is 32.4 Å². The van der Waals surface area contributed by atoms with Gasteiger partial charge in [0.25, 0.3) is 0 Å². The van der Waals surface area contributed by atoms with E-state index in [9.17, 15) is 8.42 Å². The van der Waals surface area contributed by atoms with Crippen molar-refractivity contribution >= 4 is 21.4 Å². The third kappa shape index (κ3) is 3.28. The van der Waals surface area contributed by atoms with Crippen molar-refractivity contribution in [2.45, 2.75) is 38.3 Å². The van der Waals surface area contributed by atoms with Crippen LogP contribution in [0, 0.1) is 0 Å². The van der Waals surface area contributed by atoms with Gasteiger partial charge in [-0.25, -0.2) is 8.42 Å². The fraction of sp³-hybridized carbons (Fsp3) is 0.636. The minimum absolute atomic E-state index is 0.0161. The van der Waals surface area contributed by atoms with Gasteiger partial charge in [-0.15, -0.1) is 11.3 Å². The quantitative estimate of drug-likeness (QED) is 0.863. The molecule has 0 unspecified atom stereocenters. The number of hydrogen-bond donors (Lipinski definition) is 1. The minimum Gasteiger partial charge on any atom is -0.315 e. The summed E-state index contributed by atoms with van der Waals surface area (Å²) in [6, 6.07) is 1.74. The van der Waals surface area contributed by atoms with Crippen molar-refractivity contribution in [2.24, 2.45) is 0 Å². The molecule has 0 fully saturated rings. The van der Waals surface area contributed by atoms with Gasteiger partial charge in [0.2, 0.25) is 10.0 Å². The Morgan fingerprint density at radius 3 is 2.59 bits per heavy atom. The van der Waals surface area contributed by atoms with E-state index in [1.54, 1.807) is 11.4 Å². The number of nitrogens with zero attached hydrogens (tertiary/aromatic N) is 1. The van der Waals surface area contributed by atoms with Crippen LogP contribution in [0.3, 0.4) is 0 Å². The maximum atomic E-state index is 12.3. The van der Waals surface area contributed by atoms with Crippen molar-refractivity contribution in [1.29, 1.82) is 0 Å². The van der Waals surface area contributed by atoms with Crippen LogP contribution in [0.25, 0.3) is 0 Å². The minimum atomic E-state index is -3.33. The molecule has 0 aliphatic heterocycles. The summed E-state index contributed by atoms with van der Waals surface area (Å²) in [4.78, 5) is 1.44. The van der Waals surface area contributed by atoms with Crippen molar-refractivity contribution in [1.82, 2.24) is 9.62 Å². The third-order valence-corrected chi connectivity index (χ3v) is 5.69. The van der Waals surface area contributed by atoms with Crippen molar-refractivity contribution in [2.75, 3.05) is 13.6 Å². The molecule has 4 nitrogen and oxygen atoms in total. The lowest BCUT2D eigenvalue weighted by atomic mass is 10.4. The zero-order valence-corrected chi connectivity index (χ0v) is 12.4. The second-order valence-corrected chi connectivity index (χ2v) is 6.97. The molecule has 0 aromatic carbocycles.